The highest BCUT2D eigenvalue weighted by Gasteiger charge is 2.41. The summed E-state index contributed by atoms with van der Waals surface area (Å²) in [4.78, 5) is 0. The molecule has 0 amide bonds. The molecule has 0 saturated heterocycles. The smallest absolute Gasteiger partial charge is 0.265 e. The predicted molar refractivity (Wildman–Crippen MR) is 63.9 cm³/mol. The molecule has 0 aliphatic carbocycles. The van der Waals surface area contributed by atoms with Crippen LogP contribution in [0.15, 0.2) is 24.3 Å². The molecule has 0 aromatic heterocycles. The number of halogens is 2. The van der Waals surface area contributed by atoms with Crippen molar-refractivity contribution in [3.8, 4) is 5.75 Å². The molecule has 0 bridgehead atoms. The number of aliphatic hydroxyl groups is 1. The fraction of sp³-hybridized carbons (Fsp3) is 0.538. The van der Waals surface area contributed by atoms with Gasteiger partial charge in [-0.1, -0.05) is 18.2 Å². The van der Waals surface area contributed by atoms with E-state index in [1.807, 2.05) is 38.1 Å². The lowest BCUT2D eigenvalue weighted by Crippen LogP contribution is -2.43. The third-order valence-corrected chi connectivity index (χ3v) is 3.12. The molecule has 0 saturated carbocycles. The molecule has 2 atom stereocenters. The van der Waals surface area contributed by atoms with Gasteiger partial charge in [0, 0.05) is 12.1 Å². The van der Waals surface area contributed by atoms with Crippen LogP contribution in [0.5, 0.6) is 5.75 Å². The number of hydrogen-bond acceptors (Lipinski definition) is 3. The highest BCUT2D eigenvalue weighted by atomic mass is 19.3. The van der Waals surface area contributed by atoms with Crippen molar-refractivity contribution in [3.63, 3.8) is 0 Å². The largest absolute Gasteiger partial charge is 0.486 e. The summed E-state index contributed by atoms with van der Waals surface area (Å²) in [6.45, 7) is 3.61. The van der Waals surface area contributed by atoms with E-state index in [0.29, 0.717) is 0 Å². The van der Waals surface area contributed by atoms with E-state index < -0.39 is 18.1 Å². The summed E-state index contributed by atoms with van der Waals surface area (Å²) in [5.74, 6) is 0.756. The number of para-hydroxylation sites is 1. The SMILES string of the molecule is CC1(C)Oc2ccccc2C1NCC(O)C(F)F. The van der Waals surface area contributed by atoms with E-state index >= 15 is 0 Å². The third-order valence-electron chi connectivity index (χ3n) is 3.12. The van der Waals surface area contributed by atoms with Crippen LogP contribution >= 0.6 is 0 Å². The number of aliphatic hydroxyl groups excluding tert-OH is 1. The zero-order valence-electron chi connectivity index (χ0n) is 10.4. The number of rotatable bonds is 4. The van der Waals surface area contributed by atoms with Gasteiger partial charge in [-0.2, -0.15) is 0 Å². The summed E-state index contributed by atoms with van der Waals surface area (Å²) >= 11 is 0. The van der Waals surface area contributed by atoms with Crippen molar-refractivity contribution in [3.05, 3.63) is 29.8 Å². The third kappa shape index (κ3) is 2.47. The van der Waals surface area contributed by atoms with Crippen LogP contribution in [-0.2, 0) is 0 Å². The van der Waals surface area contributed by atoms with Crippen molar-refractivity contribution >= 4 is 0 Å². The van der Waals surface area contributed by atoms with Gasteiger partial charge in [-0.05, 0) is 19.9 Å². The Morgan fingerprint density at radius 2 is 2.06 bits per heavy atom. The molecule has 0 fully saturated rings. The topological polar surface area (TPSA) is 41.5 Å². The Labute approximate surface area is 105 Å². The first-order valence-corrected chi connectivity index (χ1v) is 5.89. The maximum atomic E-state index is 12.3. The molecule has 2 N–H and O–H groups in total. The van der Waals surface area contributed by atoms with Crippen LogP contribution in [-0.4, -0.2) is 29.8 Å². The van der Waals surface area contributed by atoms with Crippen molar-refractivity contribution in [1.29, 1.82) is 0 Å². The number of hydrogen-bond donors (Lipinski definition) is 2. The highest BCUT2D eigenvalue weighted by Crippen LogP contribution is 2.42. The number of ether oxygens (including phenoxy) is 1. The highest BCUT2D eigenvalue weighted by molar-refractivity contribution is 5.42. The second-order valence-electron chi connectivity index (χ2n) is 4.99. The second-order valence-corrected chi connectivity index (χ2v) is 4.99. The predicted octanol–water partition coefficient (Wildman–Crippen LogP) is 2.11. The molecule has 1 heterocycles. The maximum Gasteiger partial charge on any atom is 0.265 e. The molecule has 1 aromatic rings. The van der Waals surface area contributed by atoms with Crippen LogP contribution in [0.3, 0.4) is 0 Å². The van der Waals surface area contributed by atoms with Gasteiger partial charge in [0.1, 0.15) is 17.5 Å². The van der Waals surface area contributed by atoms with E-state index in [2.05, 4.69) is 5.32 Å². The summed E-state index contributed by atoms with van der Waals surface area (Å²) in [5, 5.41) is 12.1. The molecule has 1 aliphatic rings. The first-order chi connectivity index (χ1) is 8.42. The number of benzene rings is 1. The summed E-state index contributed by atoms with van der Waals surface area (Å²) < 4.78 is 30.3. The molecule has 2 rings (SSSR count). The maximum absolute atomic E-state index is 12.3. The zero-order chi connectivity index (χ0) is 13.3. The quantitative estimate of drug-likeness (QED) is 0.868. The van der Waals surface area contributed by atoms with Crippen molar-refractivity contribution < 1.29 is 18.6 Å². The van der Waals surface area contributed by atoms with E-state index in [9.17, 15) is 8.78 Å². The van der Waals surface area contributed by atoms with Crippen molar-refractivity contribution in [2.75, 3.05) is 6.54 Å². The van der Waals surface area contributed by atoms with E-state index in [-0.39, 0.29) is 12.6 Å². The molecule has 1 aliphatic heterocycles. The lowest BCUT2D eigenvalue weighted by molar-refractivity contribution is -0.00900. The summed E-state index contributed by atoms with van der Waals surface area (Å²) in [6, 6.07) is 7.29. The molecule has 2 unspecified atom stereocenters. The Hall–Kier alpha value is -1.20. The van der Waals surface area contributed by atoms with Gasteiger partial charge in [-0.25, -0.2) is 8.78 Å². The molecule has 1 aromatic carbocycles. The molecular formula is C13H17F2NO2. The Morgan fingerprint density at radius 1 is 1.39 bits per heavy atom. The van der Waals surface area contributed by atoms with E-state index in [1.165, 1.54) is 0 Å². The Morgan fingerprint density at radius 3 is 2.72 bits per heavy atom. The Kier molecular flexibility index (Phi) is 3.54. The van der Waals surface area contributed by atoms with E-state index in [1.54, 1.807) is 0 Å². The molecule has 0 radical (unpaired) electrons. The van der Waals surface area contributed by atoms with Gasteiger partial charge < -0.3 is 15.2 Å². The first kappa shape index (κ1) is 13.2. The normalized spacial score (nSPS) is 22.7. The van der Waals surface area contributed by atoms with Crippen LogP contribution < -0.4 is 10.1 Å². The fourth-order valence-corrected chi connectivity index (χ4v) is 2.21. The monoisotopic (exact) mass is 257 g/mol. The van der Waals surface area contributed by atoms with Crippen molar-refractivity contribution in [2.45, 2.75) is 38.0 Å². The number of fused-ring (bicyclic) bond motifs is 1. The zero-order valence-corrected chi connectivity index (χ0v) is 10.4. The molecule has 3 nitrogen and oxygen atoms in total. The Bertz CT molecular complexity index is 423. The van der Waals surface area contributed by atoms with Gasteiger partial charge in [0.15, 0.2) is 0 Å². The average molecular weight is 257 g/mol. The van der Waals surface area contributed by atoms with Gasteiger partial charge >= 0.3 is 0 Å². The van der Waals surface area contributed by atoms with Crippen LogP contribution in [0, 0.1) is 0 Å². The minimum absolute atomic E-state index is 0.163. The van der Waals surface area contributed by atoms with Crippen molar-refractivity contribution in [2.24, 2.45) is 0 Å². The lowest BCUT2D eigenvalue weighted by atomic mass is 9.94. The molecular weight excluding hydrogens is 240 g/mol. The number of nitrogens with one attached hydrogen (secondary N) is 1. The van der Waals surface area contributed by atoms with Crippen LogP contribution in [0.2, 0.25) is 0 Å². The van der Waals surface area contributed by atoms with Gasteiger partial charge in [0.05, 0.1) is 6.04 Å². The molecule has 18 heavy (non-hydrogen) atoms. The van der Waals surface area contributed by atoms with Gasteiger partial charge in [0.25, 0.3) is 6.43 Å². The standard InChI is InChI=1S/C13H17F2NO2/c1-13(2)11(16-7-9(17)12(14)15)8-5-3-4-6-10(8)18-13/h3-6,9,11-12,16-17H,7H2,1-2H3. The van der Waals surface area contributed by atoms with Gasteiger partial charge in [0.2, 0.25) is 0 Å². The van der Waals surface area contributed by atoms with Crippen LogP contribution in [0.4, 0.5) is 8.78 Å². The summed E-state index contributed by atoms with van der Waals surface area (Å²) in [6.07, 6.45) is -4.40. The average Bonchev–Trinajstić information content (AvgIpc) is 2.55. The van der Waals surface area contributed by atoms with Gasteiger partial charge in [-0.3, -0.25) is 0 Å². The summed E-state index contributed by atoms with van der Waals surface area (Å²) in [5.41, 5.74) is 0.412. The summed E-state index contributed by atoms with van der Waals surface area (Å²) in [7, 11) is 0. The second kappa shape index (κ2) is 4.82. The van der Waals surface area contributed by atoms with Crippen molar-refractivity contribution in [1.82, 2.24) is 5.32 Å². The number of alkyl halides is 2. The molecule has 100 valence electrons. The van der Waals surface area contributed by atoms with E-state index in [4.69, 9.17) is 9.84 Å². The lowest BCUT2D eigenvalue weighted by Gasteiger charge is -2.28. The minimum atomic E-state index is -2.74. The van der Waals surface area contributed by atoms with Gasteiger partial charge in [-0.15, -0.1) is 0 Å². The van der Waals surface area contributed by atoms with Crippen LogP contribution in [0.25, 0.3) is 0 Å². The molecule has 5 heteroatoms. The van der Waals surface area contributed by atoms with E-state index in [0.717, 1.165) is 11.3 Å². The Balaban J connectivity index is 2.11. The van der Waals surface area contributed by atoms with Crippen LogP contribution in [0.1, 0.15) is 25.5 Å². The first-order valence-electron chi connectivity index (χ1n) is 5.89. The molecule has 0 spiro atoms. The fourth-order valence-electron chi connectivity index (χ4n) is 2.21. The minimum Gasteiger partial charge on any atom is -0.486 e.